The van der Waals surface area contributed by atoms with Gasteiger partial charge in [0.05, 0.1) is 139 Å². The van der Waals surface area contributed by atoms with E-state index in [9.17, 15) is 78.8 Å². The molecular formula is C96H124F4N24O16S4. The highest BCUT2D eigenvalue weighted by molar-refractivity contribution is 7.99. The lowest BCUT2D eigenvalue weighted by molar-refractivity contribution is -0.0629. The molecule has 0 amide bonds. The molecule has 0 unspecified atom stereocenters. The van der Waals surface area contributed by atoms with Crippen molar-refractivity contribution < 1.29 is 175 Å². The molecule has 8 aromatic heterocycles. The molecule has 776 valence electrons. The van der Waals surface area contributed by atoms with Gasteiger partial charge in [-0.25, -0.2) is 76.2 Å². The Hall–Kier alpha value is -9.52. The Kier molecular flexibility index (Phi) is 18.5. The van der Waals surface area contributed by atoms with Crippen LogP contribution in [0.4, 0.5) is 40.8 Å². The van der Waals surface area contributed by atoms with Gasteiger partial charge in [0.1, 0.15) is 71.9 Å². The van der Waals surface area contributed by atoms with Crippen molar-refractivity contribution in [3.05, 3.63) is 141 Å². The van der Waals surface area contributed by atoms with Crippen LogP contribution in [0, 0.1) is 51.0 Å². The van der Waals surface area contributed by atoms with Crippen molar-refractivity contribution in [3.63, 3.8) is 0 Å². The van der Waals surface area contributed by atoms with Crippen molar-refractivity contribution in [3.8, 4) is 0 Å². The Bertz CT molecular complexity index is 9570. The van der Waals surface area contributed by atoms with Gasteiger partial charge in [-0.2, -0.15) is 0 Å². The van der Waals surface area contributed by atoms with Crippen LogP contribution in [-0.2, 0) is 18.9 Å². The number of aliphatic hydroxyl groups is 12. The maximum absolute atomic E-state index is 14.4. The molecule has 48 heteroatoms. The van der Waals surface area contributed by atoms with Gasteiger partial charge in [0, 0.05) is 134 Å². The van der Waals surface area contributed by atoms with Crippen LogP contribution in [0.2, 0.25) is 0 Å². The number of ether oxygens (including phenoxy) is 4. The molecule has 0 bridgehead atoms. The predicted octanol–water partition coefficient (Wildman–Crippen LogP) is 8.73. The summed E-state index contributed by atoms with van der Waals surface area (Å²) in [5, 5.41) is 164. The highest BCUT2D eigenvalue weighted by Crippen LogP contribution is 2.50. The van der Waals surface area contributed by atoms with Crippen molar-refractivity contribution in [2.75, 3.05) is 96.8 Å². The number of nitrogens with zero attached hydrogens (tertiary/aromatic N) is 20. The second-order valence-electron chi connectivity index (χ2n) is 30.6. The zero-order valence-corrected chi connectivity index (χ0v) is 78.9. The average molecular weight is 2130 g/mol. The predicted molar refractivity (Wildman–Crippen MR) is 530 cm³/mol. The SMILES string of the molecule is [2H]C([2H])(C)C([2H])([2H])Sc1nc(N[C@]2([2H])C[C@@]2([2H])c2ccc(C)c(F)c2)c2nnn([C@]3([2H])C([2H])([2H])[C@]([2H])(OC([2H])([2H])C([2H])([2H])O)[C@@]([2H])(O)[C@@]3([2H])O)c2n1.[2H]C([2H])(C)C([2H])([2H])Sc1nc(N[C@]2([2H])C[C@@]2([2H])c2ccc(C)c(F)c2)c2nnn([C@]3([2H])C([2H])([2H])[C@]([2H])(OCCO)[C@@]([2H])(O)[C@@]3([2H])O)c2n1.[2H]C([2H])(CO)O[C@@]1([2H])C([2H])([2H])[C@@]([2H])(n2nnc3c(N[C@]4([2H])C[C@@]4([2H])c4ccc(C)c(F)c4)nc(SC([2H])([2H])C([2H])([2H])C)nc32)[C@]([2H])(O)[C@]1([2H])O.[2H]C([2H])(O)CO[C@@]1([2H])C([2H])([2H])[C@@]([2H])(n2nnc3c(N[C@]4([2H])C[C@@]4([2H])c4ccc(C)c(F)c4)nc(SC([2H])([2H])C([2H])([2H])C)nc32)[C@]([2H])(O)[C@]1([2H])O. The third kappa shape index (κ3) is 23.8. The van der Waals surface area contributed by atoms with Crippen molar-refractivity contribution >= 4 is 115 Å². The zero-order chi connectivity index (χ0) is 152. The molecule has 16 N–H and O–H groups in total. The van der Waals surface area contributed by atoms with Crippen molar-refractivity contribution in [1.29, 1.82) is 0 Å². The van der Waals surface area contributed by atoms with Gasteiger partial charge >= 0.3 is 0 Å². The first-order valence-corrected chi connectivity index (χ1v) is 45.4. The molecule has 8 heterocycles. The number of aliphatic hydroxyl groups excluding tert-OH is 2. The normalized spacial score (nSPS) is 48.2. The number of hydrogen-bond acceptors (Lipinski definition) is 40. The third-order valence-corrected chi connectivity index (χ3v) is 23.8. The average Bonchev–Trinajstić information content (AvgIpc) is 1.41. The van der Waals surface area contributed by atoms with Gasteiger partial charge in [0.25, 0.3) is 0 Å². The summed E-state index contributed by atoms with van der Waals surface area (Å²) in [6.45, 7) is -10.0. The first-order chi connectivity index (χ1) is 89.5. The van der Waals surface area contributed by atoms with Crippen molar-refractivity contribution in [2.24, 2.45) is 0 Å². The minimum Gasteiger partial charge on any atom is -0.394 e. The number of anilines is 4. The van der Waals surface area contributed by atoms with Gasteiger partial charge in [-0.15, -0.1) is 20.4 Å². The quantitative estimate of drug-likeness (QED) is 0.00969. The van der Waals surface area contributed by atoms with Crippen LogP contribution in [0.1, 0.15) is 273 Å². The van der Waals surface area contributed by atoms with Crippen molar-refractivity contribution in [1.82, 2.24) is 99.8 Å². The summed E-state index contributed by atoms with van der Waals surface area (Å²) >= 11 is 0.302. The number of thioether (sulfide) groups is 4. The molecule has 8 saturated carbocycles. The second kappa shape index (κ2) is 47.3. The minimum atomic E-state index is -4.42. The maximum Gasteiger partial charge on any atom is 0.191 e. The second-order valence-corrected chi connectivity index (χ2v) is 33.7. The molecule has 40 nitrogen and oxygen atoms in total. The summed E-state index contributed by atoms with van der Waals surface area (Å²) in [5.74, 6) is -11.9. The Labute approximate surface area is 922 Å². The molecule has 0 spiro atoms. The molecule has 12 aromatic rings. The van der Waals surface area contributed by atoms with Gasteiger partial charge in [0.15, 0.2) is 88.6 Å². The van der Waals surface area contributed by atoms with Crippen LogP contribution in [0.15, 0.2) is 93.4 Å². The molecule has 144 heavy (non-hydrogen) atoms. The molecule has 0 aliphatic heterocycles. The molecule has 8 aliphatic carbocycles. The summed E-state index contributed by atoms with van der Waals surface area (Å²) in [6.07, 6.45) is -76.5. The standard InChI is InChI=1S/4C24H31FN6O4S/c4*1-3-8-36-24-27-22(26-16-10-14(16)13-5-4-12(2)15(25)9-13)19-23(28-24)31(30-29-19)17-11-18(35-7-6-32)21(34)20(17)33/h4*4-5,9,14,16-18,20-21,32-34H,3,6-8,10-11H2,1-2H3,(H,26,27,28)/t4*14-,16+,17+,18-,20-,21+/m0000/s1/i3D2,6D2,7D2,8D2,11D2,14D,16D,17D,18D,20D,21D;3D2,7D2,8D2,11D2,14D,16D,17D,18D,20D,21D;3D2,6D2,8D2,11D2,14D,16D,17D,18D,20D,21D;3D2,8D2,11D2,14D,16D,17D,18D,20D,21D. The smallest absolute Gasteiger partial charge is 0.191 e. The van der Waals surface area contributed by atoms with E-state index < -0.39 is 383 Å². The fourth-order valence-corrected chi connectivity index (χ4v) is 15.5. The highest BCUT2D eigenvalue weighted by atomic mass is 32.2. The van der Waals surface area contributed by atoms with E-state index >= 15 is 0 Å². The van der Waals surface area contributed by atoms with Gasteiger partial charge in [-0.3, -0.25) is 0 Å². The van der Waals surface area contributed by atoms with Crippen LogP contribution in [0.3, 0.4) is 0 Å². The van der Waals surface area contributed by atoms with Crippen LogP contribution >= 0.6 is 47.0 Å². The van der Waals surface area contributed by atoms with E-state index in [0.29, 0.717) is 5.56 Å². The number of hydrogen-bond donors (Lipinski definition) is 16. The van der Waals surface area contributed by atoms with E-state index in [1.807, 2.05) is 0 Å². The minimum absolute atomic E-state index is 0.0296. The zero-order valence-electron chi connectivity index (χ0n) is 132. The Morgan fingerprint density at radius 3 is 0.847 bits per heavy atom. The summed E-state index contributed by atoms with van der Waals surface area (Å²) in [5.41, 5.74) is -15.3. The van der Waals surface area contributed by atoms with E-state index in [4.69, 9.17) is 86.2 Å². The largest absolute Gasteiger partial charge is 0.394 e. The lowest BCUT2D eigenvalue weighted by Crippen LogP contribution is -2.33. The summed E-state index contributed by atoms with van der Waals surface area (Å²) in [7, 11) is 0. The van der Waals surface area contributed by atoms with Crippen LogP contribution in [0.25, 0.3) is 44.7 Å². The van der Waals surface area contributed by atoms with Crippen LogP contribution in [0.5, 0.6) is 0 Å². The van der Waals surface area contributed by atoms with Gasteiger partial charge < -0.3 is 101 Å². The summed E-state index contributed by atoms with van der Waals surface area (Å²) in [6, 6.07) is -7.81. The highest BCUT2D eigenvalue weighted by Gasteiger charge is 2.51. The maximum atomic E-state index is 14.4. The Morgan fingerprint density at radius 1 is 0.354 bits per heavy atom. The number of nitrogens with one attached hydrogen (secondary N) is 4. The lowest BCUT2D eigenvalue weighted by Gasteiger charge is -2.17. The first kappa shape index (κ1) is 56.2. The molecule has 24 atom stereocenters. The molecule has 0 radical (unpaired) electrons. The van der Waals surface area contributed by atoms with E-state index in [1.165, 1.54) is 76.2 Å². The number of rotatable bonds is 40. The molecule has 4 aromatic carbocycles. The van der Waals surface area contributed by atoms with Crippen LogP contribution in [-0.4, -0.2) is 334 Å². The molecule has 8 aliphatic rings. The van der Waals surface area contributed by atoms with Crippen molar-refractivity contribution in [2.45, 2.75) is 297 Å². The fraction of sp³-hybridized carbons (Fsp3) is 0.583. The summed E-state index contributed by atoms with van der Waals surface area (Å²) in [4.78, 5) is 32.6. The third-order valence-electron chi connectivity index (χ3n) is 21.1. The Balaban J connectivity index is 0.000000173. The fourth-order valence-electron chi connectivity index (χ4n) is 13.7. The first-order valence-electron chi connectivity index (χ1n) is 70.2. The number of aromatic nitrogens is 20. The molecule has 8 fully saturated rings. The van der Waals surface area contributed by atoms with E-state index in [1.54, 1.807) is 0 Å². The number of fused-ring (bicyclic) bond motifs is 4. The number of benzene rings is 4. The van der Waals surface area contributed by atoms with E-state index in [0.717, 1.165) is 52.0 Å². The molecule has 0 saturated heterocycles. The number of halogens is 4. The van der Waals surface area contributed by atoms with Gasteiger partial charge in [0.2, 0.25) is 0 Å². The van der Waals surface area contributed by atoms with E-state index in [2.05, 4.69) is 112 Å². The molecule has 20 rings (SSSR count). The lowest BCUT2D eigenvalue weighted by atomic mass is 10.1. The monoisotopic (exact) mass is 2130 g/mol. The van der Waals surface area contributed by atoms with Gasteiger partial charge in [-0.1, -0.05) is 144 Å². The van der Waals surface area contributed by atoms with E-state index in [-0.39, 0.29) is 130 Å². The van der Waals surface area contributed by atoms with Gasteiger partial charge in [-0.05, 0) is 148 Å². The summed E-state index contributed by atoms with van der Waals surface area (Å²) < 4.78 is 545. The topological polar surface area (TPSA) is 554 Å². The molecular weight excluding hydrogens is 1950 g/mol. The number of aryl methyl sites for hydroxylation is 4. The Morgan fingerprint density at radius 2 is 0.611 bits per heavy atom. The van der Waals surface area contributed by atoms with Crippen LogP contribution < -0.4 is 21.3 Å².